The Morgan fingerprint density at radius 1 is 1.00 bits per heavy atom. The van der Waals surface area contributed by atoms with Gasteiger partial charge in [-0.25, -0.2) is 9.97 Å². The Bertz CT molecular complexity index is 1090. The molecule has 3 aromatic heterocycles. The van der Waals surface area contributed by atoms with Crippen molar-refractivity contribution in [2.75, 3.05) is 54.5 Å². The molecule has 1 amide bonds. The molecule has 5 rings (SSSR count). The molecule has 0 aliphatic carbocycles. The van der Waals surface area contributed by atoms with Gasteiger partial charge in [0.2, 0.25) is 5.65 Å². The number of fused-ring (bicyclic) bond motifs is 1. The topological polar surface area (TPSA) is 96.6 Å². The lowest BCUT2D eigenvalue weighted by molar-refractivity contribution is 0.102. The van der Waals surface area contributed by atoms with E-state index in [1.54, 1.807) is 24.3 Å². The second-order valence-corrected chi connectivity index (χ2v) is 8.01. The van der Waals surface area contributed by atoms with Crippen molar-refractivity contribution in [2.45, 2.75) is 19.3 Å². The summed E-state index contributed by atoms with van der Waals surface area (Å²) in [4.78, 5) is 30.6. The molecule has 2 fully saturated rings. The van der Waals surface area contributed by atoms with Gasteiger partial charge in [-0.05, 0) is 31.4 Å². The molecule has 162 valence electrons. The highest BCUT2D eigenvalue weighted by Crippen LogP contribution is 2.32. The zero-order valence-corrected chi connectivity index (χ0v) is 17.8. The first-order valence-electron chi connectivity index (χ1n) is 10.5. The van der Waals surface area contributed by atoms with Crippen molar-refractivity contribution in [1.82, 2.24) is 15.0 Å². The average molecular weight is 443 g/mol. The van der Waals surface area contributed by atoms with E-state index in [9.17, 15) is 4.79 Å². The van der Waals surface area contributed by atoms with Gasteiger partial charge in [0, 0.05) is 32.2 Å². The maximum Gasteiger partial charge on any atom is 0.300 e. The van der Waals surface area contributed by atoms with E-state index in [0.717, 1.165) is 39.0 Å². The lowest BCUT2D eigenvalue weighted by Crippen LogP contribution is -2.36. The number of amides is 1. The summed E-state index contributed by atoms with van der Waals surface area (Å²) in [6.45, 7) is 4.47. The highest BCUT2D eigenvalue weighted by atomic mass is 35.5. The van der Waals surface area contributed by atoms with Crippen LogP contribution in [-0.4, -0.2) is 60.3 Å². The third-order valence-corrected chi connectivity index (χ3v) is 5.69. The number of morpholine rings is 1. The number of nitrogens with one attached hydrogen (secondary N) is 1. The number of oxazole rings is 1. The molecule has 0 radical (unpaired) electrons. The van der Waals surface area contributed by atoms with Crippen molar-refractivity contribution in [3.05, 3.63) is 35.1 Å². The molecule has 0 unspecified atom stereocenters. The van der Waals surface area contributed by atoms with Crippen molar-refractivity contribution in [2.24, 2.45) is 0 Å². The van der Waals surface area contributed by atoms with Crippen LogP contribution in [-0.2, 0) is 4.74 Å². The fourth-order valence-electron chi connectivity index (χ4n) is 3.89. The van der Waals surface area contributed by atoms with Gasteiger partial charge in [0.25, 0.3) is 11.9 Å². The summed E-state index contributed by atoms with van der Waals surface area (Å²) in [6.07, 6.45) is 3.36. The van der Waals surface area contributed by atoms with Crippen LogP contribution in [0.25, 0.3) is 11.2 Å². The number of piperidine rings is 1. The van der Waals surface area contributed by atoms with Gasteiger partial charge in [0.05, 0.1) is 18.9 Å². The number of hydrogen-bond acceptors (Lipinski definition) is 8. The number of rotatable bonds is 4. The van der Waals surface area contributed by atoms with E-state index in [1.165, 1.54) is 6.42 Å². The number of pyridine rings is 2. The van der Waals surface area contributed by atoms with Gasteiger partial charge in [-0.15, -0.1) is 0 Å². The predicted molar refractivity (Wildman–Crippen MR) is 118 cm³/mol. The van der Waals surface area contributed by atoms with Gasteiger partial charge < -0.3 is 24.3 Å². The zero-order valence-electron chi connectivity index (χ0n) is 17.0. The van der Waals surface area contributed by atoms with Crippen molar-refractivity contribution in [3.8, 4) is 0 Å². The first-order valence-corrected chi connectivity index (χ1v) is 10.9. The van der Waals surface area contributed by atoms with Crippen molar-refractivity contribution in [3.63, 3.8) is 0 Å². The molecule has 9 nitrogen and oxygen atoms in total. The minimum Gasteiger partial charge on any atom is -0.422 e. The molecule has 0 spiro atoms. The first-order chi connectivity index (χ1) is 15.2. The third kappa shape index (κ3) is 4.28. The van der Waals surface area contributed by atoms with E-state index >= 15 is 0 Å². The molecule has 3 aromatic rings. The number of halogens is 1. The molecule has 2 aliphatic heterocycles. The lowest BCUT2D eigenvalue weighted by atomic mass is 10.1. The van der Waals surface area contributed by atoms with E-state index in [0.29, 0.717) is 42.0 Å². The van der Waals surface area contributed by atoms with E-state index < -0.39 is 0 Å². The minimum atomic E-state index is -0.352. The Kier molecular flexibility index (Phi) is 5.61. The number of carbonyl (C=O) groups is 1. The lowest BCUT2D eigenvalue weighted by Gasteiger charge is -2.29. The first kappa shape index (κ1) is 20.0. The highest BCUT2D eigenvalue weighted by Gasteiger charge is 2.23. The molecule has 0 bridgehead atoms. The number of hydrogen-bond donors (Lipinski definition) is 1. The van der Waals surface area contributed by atoms with Crippen molar-refractivity contribution >= 4 is 46.3 Å². The molecule has 2 saturated heterocycles. The molecule has 0 saturated carbocycles. The smallest absolute Gasteiger partial charge is 0.300 e. The second kappa shape index (κ2) is 8.68. The molecule has 10 heteroatoms. The second-order valence-electron chi connectivity index (χ2n) is 7.62. The van der Waals surface area contributed by atoms with Crippen LogP contribution in [0.4, 0.5) is 17.5 Å². The van der Waals surface area contributed by atoms with Gasteiger partial charge in [-0.2, -0.15) is 4.98 Å². The minimum absolute atomic E-state index is 0.240. The third-order valence-electron chi connectivity index (χ3n) is 5.48. The van der Waals surface area contributed by atoms with Crippen LogP contribution in [0.3, 0.4) is 0 Å². The molecule has 2 aliphatic rings. The zero-order chi connectivity index (χ0) is 21.2. The number of ether oxygens (including phenoxy) is 1. The Morgan fingerprint density at radius 3 is 2.58 bits per heavy atom. The van der Waals surface area contributed by atoms with Crippen LogP contribution in [0.15, 0.2) is 28.7 Å². The van der Waals surface area contributed by atoms with Crippen LogP contribution in [0, 0.1) is 0 Å². The van der Waals surface area contributed by atoms with E-state index in [2.05, 4.69) is 20.2 Å². The predicted octanol–water partition coefficient (Wildman–Crippen LogP) is 3.35. The van der Waals surface area contributed by atoms with Crippen LogP contribution >= 0.6 is 11.6 Å². The molecule has 0 atom stereocenters. The quantitative estimate of drug-likeness (QED) is 0.614. The highest BCUT2D eigenvalue weighted by molar-refractivity contribution is 6.29. The summed E-state index contributed by atoms with van der Waals surface area (Å²) in [5, 5.41) is 3.21. The Morgan fingerprint density at radius 2 is 1.81 bits per heavy atom. The summed E-state index contributed by atoms with van der Waals surface area (Å²) in [6, 6.07) is 7.27. The Hall–Kier alpha value is -2.91. The number of nitrogens with zero attached hydrogens (tertiary/aromatic N) is 5. The summed E-state index contributed by atoms with van der Waals surface area (Å²) in [5.41, 5.74) is 1.87. The summed E-state index contributed by atoms with van der Waals surface area (Å²) in [7, 11) is 0. The molecular formula is C21H23ClN6O3. The molecule has 5 heterocycles. The van der Waals surface area contributed by atoms with Gasteiger partial charge >= 0.3 is 0 Å². The largest absolute Gasteiger partial charge is 0.422 e. The van der Waals surface area contributed by atoms with Gasteiger partial charge in [-0.1, -0.05) is 17.7 Å². The van der Waals surface area contributed by atoms with Crippen LogP contribution in [0.5, 0.6) is 0 Å². The summed E-state index contributed by atoms with van der Waals surface area (Å²) >= 11 is 5.95. The van der Waals surface area contributed by atoms with E-state index in [-0.39, 0.29) is 16.8 Å². The van der Waals surface area contributed by atoms with Crippen molar-refractivity contribution in [1.29, 1.82) is 0 Å². The maximum absolute atomic E-state index is 12.8. The van der Waals surface area contributed by atoms with Crippen molar-refractivity contribution < 1.29 is 13.9 Å². The Labute approximate surface area is 184 Å². The molecule has 0 aromatic carbocycles. The van der Waals surface area contributed by atoms with Gasteiger partial charge in [0.15, 0.2) is 11.4 Å². The van der Waals surface area contributed by atoms with Crippen LogP contribution in [0.1, 0.15) is 29.8 Å². The monoisotopic (exact) mass is 442 g/mol. The number of anilines is 3. The molecule has 1 N–H and O–H groups in total. The Balaban J connectivity index is 1.51. The number of carbonyl (C=O) groups excluding carboxylic acids is 1. The standard InChI is InChI=1S/C21H23ClN6O3/c22-17-6-4-5-14(23-17)20(29)24-15-13-16-18(25-19(15)27-7-2-1-3-8-27)26-21(31-16)28-9-11-30-12-10-28/h4-6,13H,1-3,7-12H2,(H,24,29). The van der Waals surface area contributed by atoms with E-state index in [1.807, 2.05) is 4.90 Å². The SMILES string of the molecule is O=C(Nc1cc2oc(N3CCOCC3)nc2nc1N1CCCCC1)c1cccc(Cl)n1. The average Bonchev–Trinajstić information content (AvgIpc) is 3.23. The molecular weight excluding hydrogens is 420 g/mol. The normalized spacial score (nSPS) is 17.2. The number of aromatic nitrogens is 3. The van der Waals surface area contributed by atoms with E-state index in [4.69, 9.17) is 25.7 Å². The van der Waals surface area contributed by atoms with Gasteiger partial charge in [-0.3, -0.25) is 4.79 Å². The fourth-order valence-corrected chi connectivity index (χ4v) is 4.06. The maximum atomic E-state index is 12.8. The summed E-state index contributed by atoms with van der Waals surface area (Å²) in [5.74, 6) is 0.347. The van der Waals surface area contributed by atoms with Crippen LogP contribution < -0.4 is 15.1 Å². The molecule has 31 heavy (non-hydrogen) atoms. The van der Waals surface area contributed by atoms with Gasteiger partial charge in [0.1, 0.15) is 10.8 Å². The van der Waals surface area contributed by atoms with Crippen LogP contribution in [0.2, 0.25) is 5.15 Å². The summed E-state index contributed by atoms with van der Waals surface area (Å²) < 4.78 is 11.4. The fraction of sp³-hybridized carbons (Fsp3) is 0.429.